The van der Waals surface area contributed by atoms with Crippen molar-refractivity contribution >= 4 is 33.4 Å². The number of carbonyl (C=O) groups excluding carboxylic acids is 1. The predicted molar refractivity (Wildman–Crippen MR) is 121 cm³/mol. The van der Waals surface area contributed by atoms with Crippen molar-refractivity contribution in [2.45, 2.75) is 28.9 Å². The van der Waals surface area contributed by atoms with E-state index in [-0.39, 0.29) is 34.0 Å². The van der Waals surface area contributed by atoms with Crippen molar-refractivity contribution in [2.75, 3.05) is 24.6 Å². The van der Waals surface area contributed by atoms with Crippen LogP contribution in [0.4, 0.5) is 5.69 Å². The van der Waals surface area contributed by atoms with Gasteiger partial charge in [0.05, 0.1) is 19.4 Å². The number of nitrogens with zero attached hydrogens (tertiary/aromatic N) is 2. The number of methoxy groups -OCH3 is 1. The topological polar surface area (TPSA) is 98.9 Å². The molecule has 0 aliphatic carbocycles. The molecule has 0 radical (unpaired) electrons. The number of para-hydroxylation sites is 1. The largest absolute Gasteiger partial charge is 0.495 e. The van der Waals surface area contributed by atoms with Gasteiger partial charge in [-0.3, -0.25) is 4.31 Å². The summed E-state index contributed by atoms with van der Waals surface area (Å²) in [6, 6.07) is 13.5. The molecule has 3 aromatic rings. The molecule has 0 amide bonds. The molecule has 1 aromatic heterocycles. The second-order valence-electron chi connectivity index (χ2n) is 7.09. The van der Waals surface area contributed by atoms with Gasteiger partial charge in [-0.2, -0.15) is 0 Å². The molecule has 0 bridgehead atoms. The number of thioether (sulfide) groups is 1. The van der Waals surface area contributed by atoms with Crippen LogP contribution in [0, 0.1) is 0 Å². The van der Waals surface area contributed by atoms with E-state index < -0.39 is 16.0 Å². The fraction of sp³-hybridized carbons (Fsp3) is 0.273. The number of hydrogen-bond donors (Lipinski definition) is 0. The van der Waals surface area contributed by atoms with Gasteiger partial charge in [-0.15, -0.1) is 11.8 Å². The summed E-state index contributed by atoms with van der Waals surface area (Å²) in [6.07, 6.45) is 0. The Morgan fingerprint density at radius 2 is 2.03 bits per heavy atom. The predicted octanol–water partition coefficient (Wildman–Crippen LogP) is 4.22. The Kier molecular flexibility index (Phi) is 6.16. The molecule has 0 N–H and O–H groups in total. The number of hydrogen-bond acceptors (Lipinski definition) is 8. The van der Waals surface area contributed by atoms with E-state index in [0.29, 0.717) is 17.8 Å². The van der Waals surface area contributed by atoms with Crippen molar-refractivity contribution in [3.63, 3.8) is 0 Å². The average molecular weight is 475 g/mol. The number of fused-ring (bicyclic) bond motifs is 1. The van der Waals surface area contributed by atoms with Gasteiger partial charge in [0.25, 0.3) is 10.0 Å². The van der Waals surface area contributed by atoms with Gasteiger partial charge in [0.15, 0.2) is 11.5 Å². The number of carbonyl (C=O) groups is 1. The third-order valence-corrected chi connectivity index (χ3v) is 7.85. The molecule has 4 rings (SSSR count). The zero-order valence-electron chi connectivity index (χ0n) is 17.8. The summed E-state index contributed by atoms with van der Waals surface area (Å²) in [6.45, 7) is 4.21. The van der Waals surface area contributed by atoms with Crippen LogP contribution in [0.15, 0.2) is 62.8 Å². The summed E-state index contributed by atoms with van der Waals surface area (Å²) in [5.41, 5.74) is 1.09. The number of anilines is 1. The van der Waals surface area contributed by atoms with Crippen molar-refractivity contribution < 1.29 is 27.2 Å². The van der Waals surface area contributed by atoms with E-state index >= 15 is 0 Å². The number of sulfonamides is 1. The number of benzene rings is 2. The molecule has 0 fully saturated rings. The summed E-state index contributed by atoms with van der Waals surface area (Å²) < 4.78 is 44.5. The Hall–Kier alpha value is -2.98. The standard InChI is InChI=1S/C22H22N2O6S2/c1-4-29-22(25)16-12-19(30-23-16)15-9-10-18(28-3)21(11-15)32(26,27)24-13-14(2)31-20-8-6-5-7-17(20)24/h5-12,14H,4,13H2,1-3H3/t14-/m1/s1. The zero-order chi connectivity index (χ0) is 22.9. The van der Waals surface area contributed by atoms with Crippen molar-refractivity contribution in [1.29, 1.82) is 0 Å². The van der Waals surface area contributed by atoms with Gasteiger partial charge >= 0.3 is 5.97 Å². The van der Waals surface area contributed by atoms with E-state index in [4.69, 9.17) is 14.0 Å². The zero-order valence-corrected chi connectivity index (χ0v) is 19.4. The van der Waals surface area contributed by atoms with Gasteiger partial charge in [-0.05, 0) is 37.3 Å². The molecular weight excluding hydrogens is 452 g/mol. The summed E-state index contributed by atoms with van der Waals surface area (Å²) in [5.74, 6) is -0.155. The first-order valence-electron chi connectivity index (χ1n) is 9.95. The van der Waals surface area contributed by atoms with Crippen LogP contribution in [0.1, 0.15) is 24.3 Å². The van der Waals surface area contributed by atoms with Gasteiger partial charge in [0, 0.05) is 28.3 Å². The minimum Gasteiger partial charge on any atom is -0.495 e. The van der Waals surface area contributed by atoms with Gasteiger partial charge < -0.3 is 14.0 Å². The van der Waals surface area contributed by atoms with Crippen molar-refractivity contribution in [3.8, 4) is 17.1 Å². The third-order valence-electron chi connectivity index (χ3n) is 4.90. The van der Waals surface area contributed by atoms with Crippen LogP contribution in [-0.2, 0) is 14.8 Å². The Morgan fingerprint density at radius 1 is 1.25 bits per heavy atom. The first-order valence-corrected chi connectivity index (χ1v) is 12.3. The summed E-state index contributed by atoms with van der Waals surface area (Å²) in [7, 11) is -2.54. The molecule has 0 saturated carbocycles. The second kappa shape index (κ2) is 8.87. The van der Waals surface area contributed by atoms with E-state index in [1.54, 1.807) is 36.9 Å². The molecular formula is C22H22N2O6S2. The Morgan fingerprint density at radius 3 is 2.78 bits per heavy atom. The maximum absolute atomic E-state index is 13.8. The van der Waals surface area contributed by atoms with Crippen LogP contribution >= 0.6 is 11.8 Å². The fourth-order valence-corrected chi connectivity index (χ4v) is 6.46. The molecule has 8 nitrogen and oxygen atoms in total. The molecule has 1 atom stereocenters. The number of aromatic nitrogens is 1. The highest BCUT2D eigenvalue weighted by Crippen LogP contribution is 2.42. The summed E-state index contributed by atoms with van der Waals surface area (Å²) in [4.78, 5) is 12.8. The Bertz CT molecular complexity index is 1250. The molecule has 2 heterocycles. The summed E-state index contributed by atoms with van der Waals surface area (Å²) in [5, 5.41) is 3.81. The highest BCUT2D eigenvalue weighted by molar-refractivity contribution is 8.00. The molecule has 10 heteroatoms. The van der Waals surface area contributed by atoms with Crippen molar-refractivity contribution in [1.82, 2.24) is 5.16 Å². The van der Waals surface area contributed by atoms with E-state index in [2.05, 4.69) is 5.16 Å². The average Bonchev–Trinajstić information content (AvgIpc) is 3.28. The lowest BCUT2D eigenvalue weighted by molar-refractivity contribution is 0.0514. The first kappa shape index (κ1) is 22.2. The van der Waals surface area contributed by atoms with Crippen LogP contribution in [0.2, 0.25) is 0 Å². The van der Waals surface area contributed by atoms with Gasteiger partial charge in [0.1, 0.15) is 10.6 Å². The van der Waals surface area contributed by atoms with E-state index in [1.807, 2.05) is 25.1 Å². The SMILES string of the molecule is CCOC(=O)c1cc(-c2ccc(OC)c(S(=O)(=O)N3C[C@@H](C)Sc4ccccc43)c2)on1. The normalized spacial score (nSPS) is 15.8. The molecule has 1 aliphatic rings. The maximum atomic E-state index is 13.8. The van der Waals surface area contributed by atoms with Crippen LogP contribution in [0.5, 0.6) is 5.75 Å². The summed E-state index contributed by atoms with van der Waals surface area (Å²) >= 11 is 1.64. The van der Waals surface area contributed by atoms with E-state index in [1.165, 1.54) is 23.5 Å². The monoisotopic (exact) mass is 474 g/mol. The van der Waals surface area contributed by atoms with Crippen LogP contribution in [0.25, 0.3) is 11.3 Å². The van der Waals surface area contributed by atoms with Gasteiger partial charge in [-0.25, -0.2) is 13.2 Å². The van der Waals surface area contributed by atoms with Gasteiger partial charge in [-0.1, -0.05) is 24.2 Å². The third kappa shape index (κ3) is 4.07. The molecule has 168 valence electrons. The smallest absolute Gasteiger partial charge is 0.360 e. The van der Waals surface area contributed by atoms with E-state index in [0.717, 1.165) is 4.90 Å². The highest BCUT2D eigenvalue weighted by Gasteiger charge is 2.34. The molecule has 0 unspecified atom stereocenters. The fourth-order valence-electron chi connectivity index (χ4n) is 3.44. The Balaban J connectivity index is 1.78. The number of esters is 1. The first-order chi connectivity index (χ1) is 15.3. The molecule has 2 aromatic carbocycles. The lowest BCUT2D eigenvalue weighted by Gasteiger charge is -2.33. The van der Waals surface area contributed by atoms with Crippen LogP contribution < -0.4 is 9.04 Å². The molecule has 1 aliphatic heterocycles. The van der Waals surface area contributed by atoms with Crippen LogP contribution in [0.3, 0.4) is 0 Å². The van der Waals surface area contributed by atoms with E-state index in [9.17, 15) is 13.2 Å². The minimum atomic E-state index is -3.96. The quantitative estimate of drug-likeness (QED) is 0.490. The Labute approximate surface area is 190 Å². The molecule has 0 saturated heterocycles. The minimum absolute atomic E-state index is 0.000452. The highest BCUT2D eigenvalue weighted by atomic mass is 32.2. The second-order valence-corrected chi connectivity index (χ2v) is 10.4. The lowest BCUT2D eigenvalue weighted by atomic mass is 10.1. The molecule has 32 heavy (non-hydrogen) atoms. The lowest BCUT2D eigenvalue weighted by Crippen LogP contribution is -2.38. The van der Waals surface area contributed by atoms with Gasteiger partial charge in [0.2, 0.25) is 0 Å². The van der Waals surface area contributed by atoms with Crippen LogP contribution in [-0.4, -0.2) is 45.1 Å². The van der Waals surface area contributed by atoms with Crippen molar-refractivity contribution in [2.24, 2.45) is 0 Å². The number of rotatable bonds is 6. The number of ether oxygens (including phenoxy) is 2. The van der Waals surface area contributed by atoms with Crippen molar-refractivity contribution in [3.05, 3.63) is 54.2 Å². The maximum Gasteiger partial charge on any atom is 0.360 e. The molecule has 0 spiro atoms.